The molecule has 1 rings (SSSR count). The van der Waals surface area contributed by atoms with E-state index in [0.717, 1.165) is 32.7 Å². The second-order valence-corrected chi connectivity index (χ2v) is 5.84. The Hall–Kier alpha value is -0.810. The van der Waals surface area contributed by atoms with E-state index in [2.05, 4.69) is 11.9 Å². The Labute approximate surface area is 110 Å². The van der Waals surface area contributed by atoms with Crippen LogP contribution in [0.5, 0.6) is 0 Å². The Balaban J connectivity index is 2.38. The molecule has 1 unspecified atom stereocenters. The molecule has 5 nitrogen and oxygen atoms in total. The molecule has 0 aromatic carbocycles. The van der Waals surface area contributed by atoms with Crippen LogP contribution >= 0.6 is 0 Å². The number of carbonyl (C=O) groups is 1. The van der Waals surface area contributed by atoms with Crippen molar-refractivity contribution in [1.29, 1.82) is 0 Å². The summed E-state index contributed by atoms with van der Waals surface area (Å²) in [5, 5.41) is 0. The number of nitrogens with zero attached hydrogens (tertiary/aromatic N) is 2. The number of likely N-dealkylation sites (N-methyl/N-ethyl adjacent to an activating group) is 1. The van der Waals surface area contributed by atoms with Crippen LogP contribution < -0.4 is 0 Å². The average Bonchev–Trinajstić information content (AvgIpc) is 2.72. The van der Waals surface area contributed by atoms with Gasteiger partial charge in [0.25, 0.3) is 0 Å². The molecular formula is C13H26N2O3. The Bertz CT molecular complexity index is 276. The molecule has 1 atom stereocenters. The zero-order valence-electron chi connectivity index (χ0n) is 12.2. The van der Waals surface area contributed by atoms with E-state index in [1.807, 2.05) is 20.8 Å². The molecule has 1 aliphatic heterocycles. The smallest absolute Gasteiger partial charge is 0.410 e. The highest BCUT2D eigenvalue weighted by Gasteiger charge is 2.31. The monoisotopic (exact) mass is 258 g/mol. The first kappa shape index (κ1) is 15.2. The van der Waals surface area contributed by atoms with Gasteiger partial charge in [-0.05, 0) is 34.2 Å². The minimum atomic E-state index is -0.420. The van der Waals surface area contributed by atoms with Crippen molar-refractivity contribution in [1.82, 2.24) is 9.80 Å². The lowest BCUT2D eigenvalue weighted by Gasteiger charge is -2.26. The van der Waals surface area contributed by atoms with Gasteiger partial charge in [0.15, 0.2) is 0 Å². The van der Waals surface area contributed by atoms with Gasteiger partial charge in [-0.15, -0.1) is 0 Å². The molecular weight excluding hydrogens is 232 g/mol. The van der Waals surface area contributed by atoms with Crippen LogP contribution in [0.2, 0.25) is 0 Å². The van der Waals surface area contributed by atoms with Crippen LogP contribution in [0.3, 0.4) is 0 Å². The van der Waals surface area contributed by atoms with E-state index in [-0.39, 0.29) is 6.09 Å². The van der Waals surface area contributed by atoms with Crippen LogP contribution in [0, 0.1) is 0 Å². The summed E-state index contributed by atoms with van der Waals surface area (Å²) in [6.07, 6.45) is 0.796. The molecule has 0 aromatic heterocycles. The number of methoxy groups -OCH3 is 1. The molecule has 0 aromatic rings. The van der Waals surface area contributed by atoms with E-state index < -0.39 is 5.60 Å². The summed E-state index contributed by atoms with van der Waals surface area (Å²) in [4.78, 5) is 15.9. The minimum Gasteiger partial charge on any atom is -0.444 e. The van der Waals surface area contributed by atoms with Crippen molar-refractivity contribution in [2.45, 2.75) is 38.8 Å². The number of rotatable bonds is 4. The molecule has 1 aliphatic rings. The first-order chi connectivity index (χ1) is 8.33. The van der Waals surface area contributed by atoms with Crippen LogP contribution in [0.1, 0.15) is 27.2 Å². The van der Waals surface area contributed by atoms with E-state index in [1.165, 1.54) is 0 Å². The maximum absolute atomic E-state index is 11.9. The maximum atomic E-state index is 11.9. The standard InChI is InChI=1S/C13H26N2O3/c1-13(2,3)18-12(16)15-7-6-11(10-15)14(4)8-9-17-5/h11H,6-10H2,1-5H3. The summed E-state index contributed by atoms with van der Waals surface area (Å²) < 4.78 is 10.4. The van der Waals surface area contributed by atoms with Gasteiger partial charge in [-0.25, -0.2) is 4.79 Å². The summed E-state index contributed by atoms with van der Waals surface area (Å²) in [6, 6.07) is 0.410. The van der Waals surface area contributed by atoms with Crippen LogP contribution in [0.15, 0.2) is 0 Å². The van der Waals surface area contributed by atoms with E-state index in [4.69, 9.17) is 9.47 Å². The van der Waals surface area contributed by atoms with E-state index in [1.54, 1.807) is 12.0 Å². The van der Waals surface area contributed by atoms with Crippen LogP contribution in [-0.2, 0) is 9.47 Å². The summed E-state index contributed by atoms with van der Waals surface area (Å²) in [7, 11) is 3.78. The number of ether oxygens (including phenoxy) is 2. The Morgan fingerprint density at radius 1 is 1.44 bits per heavy atom. The average molecular weight is 258 g/mol. The molecule has 1 amide bonds. The lowest BCUT2D eigenvalue weighted by molar-refractivity contribution is 0.0280. The lowest BCUT2D eigenvalue weighted by Crippen LogP contribution is -2.39. The van der Waals surface area contributed by atoms with Crippen molar-refractivity contribution in [3.8, 4) is 0 Å². The first-order valence-electron chi connectivity index (χ1n) is 6.50. The van der Waals surface area contributed by atoms with Gasteiger partial charge >= 0.3 is 6.09 Å². The zero-order chi connectivity index (χ0) is 13.8. The molecule has 1 heterocycles. The molecule has 1 saturated heterocycles. The number of amides is 1. The first-order valence-corrected chi connectivity index (χ1v) is 6.50. The van der Waals surface area contributed by atoms with Gasteiger partial charge in [-0.2, -0.15) is 0 Å². The topological polar surface area (TPSA) is 42.0 Å². The van der Waals surface area contributed by atoms with Crippen molar-refractivity contribution in [2.75, 3.05) is 40.4 Å². The molecule has 0 bridgehead atoms. The predicted molar refractivity (Wildman–Crippen MR) is 70.7 cm³/mol. The quantitative estimate of drug-likeness (QED) is 0.767. The van der Waals surface area contributed by atoms with Gasteiger partial charge in [0.2, 0.25) is 0 Å². The zero-order valence-corrected chi connectivity index (χ0v) is 12.2. The molecule has 0 spiro atoms. The van der Waals surface area contributed by atoms with Crippen LogP contribution in [-0.4, -0.2) is 67.9 Å². The van der Waals surface area contributed by atoms with Gasteiger partial charge in [-0.1, -0.05) is 0 Å². The number of carbonyl (C=O) groups excluding carboxylic acids is 1. The number of hydrogen-bond donors (Lipinski definition) is 0. The largest absolute Gasteiger partial charge is 0.444 e. The highest BCUT2D eigenvalue weighted by molar-refractivity contribution is 5.68. The molecule has 0 N–H and O–H groups in total. The van der Waals surface area contributed by atoms with Crippen molar-refractivity contribution >= 4 is 6.09 Å². The fourth-order valence-electron chi connectivity index (χ4n) is 2.01. The van der Waals surface area contributed by atoms with E-state index >= 15 is 0 Å². The van der Waals surface area contributed by atoms with Gasteiger partial charge in [-0.3, -0.25) is 4.90 Å². The van der Waals surface area contributed by atoms with E-state index in [0.29, 0.717) is 6.04 Å². The second kappa shape index (κ2) is 6.38. The molecule has 5 heteroatoms. The summed E-state index contributed by atoms with van der Waals surface area (Å²) >= 11 is 0. The third kappa shape index (κ3) is 4.82. The third-order valence-corrected chi connectivity index (χ3v) is 3.09. The molecule has 18 heavy (non-hydrogen) atoms. The van der Waals surface area contributed by atoms with Crippen molar-refractivity contribution < 1.29 is 14.3 Å². The lowest BCUT2D eigenvalue weighted by atomic mass is 10.2. The molecule has 0 aliphatic carbocycles. The molecule has 0 radical (unpaired) electrons. The van der Waals surface area contributed by atoms with Gasteiger partial charge < -0.3 is 14.4 Å². The highest BCUT2D eigenvalue weighted by atomic mass is 16.6. The fraction of sp³-hybridized carbons (Fsp3) is 0.923. The Kier molecular flexibility index (Phi) is 5.41. The van der Waals surface area contributed by atoms with Gasteiger partial charge in [0, 0.05) is 32.8 Å². The number of likely N-dealkylation sites (tertiary alicyclic amines) is 1. The normalized spacial score (nSPS) is 20.6. The molecule has 106 valence electrons. The highest BCUT2D eigenvalue weighted by Crippen LogP contribution is 2.17. The maximum Gasteiger partial charge on any atom is 0.410 e. The Morgan fingerprint density at radius 3 is 2.67 bits per heavy atom. The van der Waals surface area contributed by atoms with Crippen LogP contribution in [0.25, 0.3) is 0 Å². The van der Waals surface area contributed by atoms with Gasteiger partial charge in [0.1, 0.15) is 5.60 Å². The summed E-state index contributed by atoms with van der Waals surface area (Å²) in [5.41, 5.74) is -0.420. The summed E-state index contributed by atoms with van der Waals surface area (Å²) in [5.74, 6) is 0. The van der Waals surface area contributed by atoms with Gasteiger partial charge in [0.05, 0.1) is 6.61 Å². The van der Waals surface area contributed by atoms with Crippen molar-refractivity contribution in [3.05, 3.63) is 0 Å². The predicted octanol–water partition coefficient (Wildman–Crippen LogP) is 1.57. The third-order valence-electron chi connectivity index (χ3n) is 3.09. The SMILES string of the molecule is COCCN(C)C1CCN(C(=O)OC(C)(C)C)C1. The Morgan fingerprint density at radius 2 is 2.11 bits per heavy atom. The van der Waals surface area contributed by atoms with E-state index in [9.17, 15) is 4.79 Å². The second-order valence-electron chi connectivity index (χ2n) is 5.84. The van der Waals surface area contributed by atoms with Crippen LogP contribution in [0.4, 0.5) is 4.79 Å². The number of hydrogen-bond acceptors (Lipinski definition) is 4. The van der Waals surface area contributed by atoms with Crippen molar-refractivity contribution in [2.24, 2.45) is 0 Å². The van der Waals surface area contributed by atoms with Crippen molar-refractivity contribution in [3.63, 3.8) is 0 Å². The minimum absolute atomic E-state index is 0.204. The fourth-order valence-corrected chi connectivity index (χ4v) is 2.01. The summed E-state index contributed by atoms with van der Waals surface area (Å²) in [6.45, 7) is 8.81. The molecule has 1 fully saturated rings. The molecule has 0 saturated carbocycles.